The Morgan fingerprint density at radius 1 is 1.09 bits per heavy atom. The number of H-pyrrole nitrogens is 1. The van der Waals surface area contributed by atoms with Gasteiger partial charge >= 0.3 is 0 Å². The van der Waals surface area contributed by atoms with E-state index < -0.39 is 0 Å². The molecule has 3 rings (SSSR count). The van der Waals surface area contributed by atoms with Crippen molar-refractivity contribution in [3.05, 3.63) is 63.7 Å². The topological polar surface area (TPSA) is 87.7 Å². The maximum atomic E-state index is 12.3. The second-order valence-corrected chi connectivity index (χ2v) is 5.02. The second-order valence-electron chi connectivity index (χ2n) is 5.02. The smallest absolute Gasteiger partial charge is 0.260 e. The third-order valence-corrected chi connectivity index (χ3v) is 3.19. The number of carbonyl (C=O) groups is 1. The molecule has 0 aliphatic heterocycles. The predicted molar refractivity (Wildman–Crippen MR) is 84.0 cm³/mol. The Balaban J connectivity index is 1.95. The number of fused-ring (bicyclic) bond motifs is 1. The van der Waals surface area contributed by atoms with E-state index in [0.29, 0.717) is 16.5 Å². The Morgan fingerprint density at radius 2 is 1.77 bits per heavy atom. The first-order valence-corrected chi connectivity index (χ1v) is 6.78. The van der Waals surface area contributed by atoms with E-state index in [1.807, 2.05) is 13.8 Å². The number of hydrogen-bond donors (Lipinski definition) is 2. The molecule has 2 aromatic heterocycles. The Labute approximate surface area is 126 Å². The highest BCUT2D eigenvalue weighted by molar-refractivity contribution is 6.03. The van der Waals surface area contributed by atoms with E-state index in [0.717, 1.165) is 11.4 Å². The van der Waals surface area contributed by atoms with Crippen molar-refractivity contribution in [3.8, 4) is 0 Å². The average Bonchev–Trinajstić information content (AvgIpc) is 2.46. The van der Waals surface area contributed by atoms with Gasteiger partial charge in [0.05, 0.1) is 10.9 Å². The fourth-order valence-corrected chi connectivity index (χ4v) is 2.29. The first-order chi connectivity index (χ1) is 10.5. The molecule has 1 aromatic carbocycles. The maximum Gasteiger partial charge on any atom is 0.260 e. The van der Waals surface area contributed by atoms with Crippen molar-refractivity contribution < 1.29 is 4.79 Å². The zero-order valence-corrected chi connectivity index (χ0v) is 12.2. The quantitative estimate of drug-likeness (QED) is 0.758. The molecule has 6 nitrogen and oxygen atoms in total. The van der Waals surface area contributed by atoms with Gasteiger partial charge in [0.2, 0.25) is 5.95 Å². The summed E-state index contributed by atoms with van der Waals surface area (Å²) in [6.07, 6.45) is 0. The SMILES string of the molecule is Cc1cc(C(=O)Nc2nc3ccccc3c(=O)[nH]2)cc(C)n1. The van der Waals surface area contributed by atoms with Gasteiger partial charge in [-0.3, -0.25) is 24.9 Å². The van der Waals surface area contributed by atoms with Crippen LogP contribution < -0.4 is 10.9 Å². The molecular weight excluding hydrogens is 280 g/mol. The van der Waals surface area contributed by atoms with Gasteiger partial charge in [-0.05, 0) is 38.1 Å². The Hall–Kier alpha value is -3.02. The number of nitrogens with one attached hydrogen (secondary N) is 2. The van der Waals surface area contributed by atoms with Gasteiger partial charge in [0.15, 0.2) is 0 Å². The zero-order chi connectivity index (χ0) is 15.7. The van der Waals surface area contributed by atoms with Gasteiger partial charge in [0.1, 0.15) is 0 Å². The number of aromatic nitrogens is 3. The number of aromatic amines is 1. The minimum Gasteiger partial charge on any atom is -0.292 e. The van der Waals surface area contributed by atoms with E-state index in [9.17, 15) is 9.59 Å². The summed E-state index contributed by atoms with van der Waals surface area (Å²) in [7, 11) is 0. The predicted octanol–water partition coefficient (Wildman–Crippen LogP) is 2.19. The highest BCUT2D eigenvalue weighted by Crippen LogP contribution is 2.10. The Morgan fingerprint density at radius 3 is 2.50 bits per heavy atom. The largest absolute Gasteiger partial charge is 0.292 e. The van der Waals surface area contributed by atoms with Crippen LogP contribution in [-0.2, 0) is 0 Å². The van der Waals surface area contributed by atoms with Crippen LogP contribution in [0.4, 0.5) is 5.95 Å². The first-order valence-electron chi connectivity index (χ1n) is 6.78. The molecule has 0 aliphatic carbocycles. The van der Waals surface area contributed by atoms with Crippen LogP contribution in [0.1, 0.15) is 21.7 Å². The van der Waals surface area contributed by atoms with Crippen molar-refractivity contribution in [2.75, 3.05) is 5.32 Å². The van der Waals surface area contributed by atoms with Crippen LogP contribution in [0.5, 0.6) is 0 Å². The molecule has 0 saturated carbocycles. The molecule has 0 unspecified atom stereocenters. The third-order valence-electron chi connectivity index (χ3n) is 3.19. The highest BCUT2D eigenvalue weighted by atomic mass is 16.2. The lowest BCUT2D eigenvalue weighted by atomic mass is 10.2. The molecule has 0 fully saturated rings. The van der Waals surface area contributed by atoms with Gasteiger partial charge in [-0.25, -0.2) is 4.98 Å². The summed E-state index contributed by atoms with van der Waals surface area (Å²) >= 11 is 0. The van der Waals surface area contributed by atoms with Crippen molar-refractivity contribution in [1.29, 1.82) is 0 Å². The van der Waals surface area contributed by atoms with E-state index in [1.165, 1.54) is 0 Å². The van der Waals surface area contributed by atoms with Crippen LogP contribution in [0, 0.1) is 13.8 Å². The molecule has 0 radical (unpaired) electrons. The molecule has 2 N–H and O–H groups in total. The molecule has 0 aliphatic rings. The van der Waals surface area contributed by atoms with Crippen LogP contribution in [0.25, 0.3) is 10.9 Å². The van der Waals surface area contributed by atoms with E-state index in [1.54, 1.807) is 36.4 Å². The van der Waals surface area contributed by atoms with Crippen LogP contribution in [-0.4, -0.2) is 20.9 Å². The van der Waals surface area contributed by atoms with Gasteiger partial charge in [0.25, 0.3) is 11.5 Å². The number of benzene rings is 1. The number of amides is 1. The molecule has 6 heteroatoms. The van der Waals surface area contributed by atoms with Gasteiger partial charge < -0.3 is 0 Å². The lowest BCUT2D eigenvalue weighted by Gasteiger charge is -2.06. The number of pyridine rings is 1. The monoisotopic (exact) mass is 294 g/mol. The van der Waals surface area contributed by atoms with Crippen molar-refractivity contribution in [3.63, 3.8) is 0 Å². The number of aryl methyl sites for hydroxylation is 2. The molecule has 0 bridgehead atoms. The maximum absolute atomic E-state index is 12.3. The molecule has 3 aromatic rings. The Kier molecular flexibility index (Phi) is 3.42. The zero-order valence-electron chi connectivity index (χ0n) is 12.2. The number of carbonyl (C=O) groups excluding carboxylic acids is 1. The standard InChI is InChI=1S/C16H14N4O2/c1-9-7-11(8-10(2)17-9)14(21)19-16-18-13-6-4-3-5-12(13)15(22)20-16/h3-8H,1-2H3,(H2,18,19,20,21,22). The van der Waals surface area contributed by atoms with Crippen molar-refractivity contribution >= 4 is 22.8 Å². The summed E-state index contributed by atoms with van der Waals surface area (Å²) in [4.78, 5) is 35.3. The van der Waals surface area contributed by atoms with Crippen LogP contribution in [0.3, 0.4) is 0 Å². The van der Waals surface area contributed by atoms with Crippen molar-refractivity contribution in [2.45, 2.75) is 13.8 Å². The summed E-state index contributed by atoms with van der Waals surface area (Å²) in [6, 6.07) is 10.3. The van der Waals surface area contributed by atoms with Crippen molar-refractivity contribution in [2.24, 2.45) is 0 Å². The van der Waals surface area contributed by atoms with Gasteiger partial charge in [-0.1, -0.05) is 12.1 Å². The highest BCUT2D eigenvalue weighted by Gasteiger charge is 2.10. The summed E-state index contributed by atoms with van der Waals surface area (Å²) < 4.78 is 0. The van der Waals surface area contributed by atoms with E-state index in [2.05, 4.69) is 20.3 Å². The summed E-state index contributed by atoms with van der Waals surface area (Å²) in [5.41, 5.74) is 2.22. The summed E-state index contributed by atoms with van der Waals surface area (Å²) in [5.74, 6) is -0.215. The van der Waals surface area contributed by atoms with E-state index in [-0.39, 0.29) is 17.4 Å². The van der Waals surface area contributed by atoms with Gasteiger partial charge in [-0.15, -0.1) is 0 Å². The molecule has 2 heterocycles. The second kappa shape index (κ2) is 5.40. The lowest BCUT2D eigenvalue weighted by Crippen LogP contribution is -2.18. The van der Waals surface area contributed by atoms with Crippen LogP contribution >= 0.6 is 0 Å². The molecule has 0 spiro atoms. The lowest BCUT2D eigenvalue weighted by molar-refractivity contribution is 0.102. The molecule has 1 amide bonds. The Bertz CT molecular complexity index is 911. The summed E-state index contributed by atoms with van der Waals surface area (Å²) in [5, 5.41) is 3.09. The normalized spacial score (nSPS) is 10.6. The van der Waals surface area contributed by atoms with Gasteiger partial charge in [0, 0.05) is 17.0 Å². The number of para-hydroxylation sites is 1. The van der Waals surface area contributed by atoms with E-state index in [4.69, 9.17) is 0 Å². The molecule has 0 atom stereocenters. The van der Waals surface area contributed by atoms with Crippen molar-refractivity contribution in [1.82, 2.24) is 15.0 Å². The van der Waals surface area contributed by atoms with Gasteiger partial charge in [-0.2, -0.15) is 0 Å². The minimum atomic E-state index is -0.341. The third kappa shape index (κ3) is 2.71. The molecular formula is C16H14N4O2. The first kappa shape index (κ1) is 13.9. The van der Waals surface area contributed by atoms with Crippen LogP contribution in [0.2, 0.25) is 0 Å². The number of rotatable bonds is 2. The number of anilines is 1. The average molecular weight is 294 g/mol. The number of nitrogens with zero attached hydrogens (tertiary/aromatic N) is 2. The molecule has 110 valence electrons. The number of hydrogen-bond acceptors (Lipinski definition) is 4. The molecule has 0 saturated heterocycles. The minimum absolute atomic E-state index is 0.126. The fourth-order valence-electron chi connectivity index (χ4n) is 2.29. The summed E-state index contributed by atoms with van der Waals surface area (Å²) in [6.45, 7) is 3.64. The van der Waals surface area contributed by atoms with Crippen LogP contribution in [0.15, 0.2) is 41.2 Å². The van der Waals surface area contributed by atoms with E-state index >= 15 is 0 Å². The molecule has 22 heavy (non-hydrogen) atoms. The fraction of sp³-hybridized carbons (Fsp3) is 0.125.